The molecule has 0 bridgehead atoms. The zero-order valence-electron chi connectivity index (χ0n) is 10.9. The number of anilines is 1. The minimum absolute atomic E-state index is 0.0921. The highest BCUT2D eigenvalue weighted by Crippen LogP contribution is 2.36. The maximum atomic E-state index is 12.9. The quantitative estimate of drug-likeness (QED) is 0.656. The maximum absolute atomic E-state index is 12.9. The third kappa shape index (κ3) is 2.26. The van der Waals surface area contributed by atoms with Gasteiger partial charge in [-0.3, -0.25) is 0 Å². The van der Waals surface area contributed by atoms with E-state index < -0.39 is 11.7 Å². The summed E-state index contributed by atoms with van der Waals surface area (Å²) in [5, 5.41) is 7.36. The Morgan fingerprint density at radius 2 is 2.00 bits per heavy atom. The van der Waals surface area contributed by atoms with Crippen molar-refractivity contribution in [3.63, 3.8) is 0 Å². The molecule has 1 aromatic heterocycles. The van der Waals surface area contributed by atoms with Crippen molar-refractivity contribution in [2.24, 2.45) is 7.05 Å². The molecule has 0 radical (unpaired) electrons. The number of imidazole rings is 1. The van der Waals surface area contributed by atoms with E-state index in [0.29, 0.717) is 5.82 Å². The smallest absolute Gasteiger partial charge is 0.398 e. The van der Waals surface area contributed by atoms with Crippen LogP contribution in [0.15, 0.2) is 18.3 Å². The molecule has 1 aromatic carbocycles. The van der Waals surface area contributed by atoms with Crippen molar-refractivity contribution < 1.29 is 13.2 Å². The molecule has 0 amide bonds. The van der Waals surface area contributed by atoms with E-state index in [4.69, 9.17) is 11.1 Å². The topological polar surface area (TPSA) is 67.7 Å². The second kappa shape index (κ2) is 4.66. The number of hydrogen-bond donors (Lipinski definition) is 2. The lowest BCUT2D eigenvalue weighted by molar-refractivity contribution is -0.137. The summed E-state index contributed by atoms with van der Waals surface area (Å²) in [5.74, 6) is 0.346. The Labute approximate surface area is 113 Å². The summed E-state index contributed by atoms with van der Waals surface area (Å²) < 4.78 is 40.3. The van der Waals surface area contributed by atoms with Crippen LogP contribution in [0.25, 0.3) is 11.4 Å². The van der Waals surface area contributed by atoms with Gasteiger partial charge in [0, 0.05) is 42.0 Å². The molecule has 0 spiro atoms. The number of alkyl halides is 3. The van der Waals surface area contributed by atoms with Crippen LogP contribution in [0.1, 0.15) is 16.8 Å². The van der Waals surface area contributed by atoms with E-state index in [1.54, 1.807) is 24.7 Å². The van der Waals surface area contributed by atoms with E-state index in [9.17, 15) is 13.2 Å². The number of nitrogens with two attached hydrogens (primary N) is 1. The van der Waals surface area contributed by atoms with E-state index in [2.05, 4.69) is 4.98 Å². The maximum Gasteiger partial charge on any atom is 0.416 e. The molecule has 0 atom stereocenters. The number of aromatic nitrogens is 2. The van der Waals surface area contributed by atoms with Crippen LogP contribution in [0.5, 0.6) is 0 Å². The van der Waals surface area contributed by atoms with Crippen LogP contribution in [0.4, 0.5) is 18.9 Å². The summed E-state index contributed by atoms with van der Waals surface area (Å²) in [7, 11) is 1.70. The molecule has 0 saturated heterocycles. The molecule has 0 aliphatic heterocycles. The molecular formula is C13H13F3N4. The summed E-state index contributed by atoms with van der Waals surface area (Å²) >= 11 is 0. The Balaban J connectivity index is 2.76. The number of benzene rings is 1. The van der Waals surface area contributed by atoms with Gasteiger partial charge in [0.25, 0.3) is 0 Å². The number of halogens is 3. The van der Waals surface area contributed by atoms with Crippen LogP contribution >= 0.6 is 0 Å². The Bertz CT molecular complexity index is 671. The van der Waals surface area contributed by atoms with Gasteiger partial charge in [-0.1, -0.05) is 0 Å². The van der Waals surface area contributed by atoms with Gasteiger partial charge in [0.2, 0.25) is 0 Å². The minimum atomic E-state index is -4.50. The zero-order chi connectivity index (χ0) is 15.1. The van der Waals surface area contributed by atoms with Crippen LogP contribution in [-0.2, 0) is 13.2 Å². The number of rotatable bonds is 2. The van der Waals surface area contributed by atoms with E-state index in [-0.39, 0.29) is 16.8 Å². The summed E-state index contributed by atoms with van der Waals surface area (Å²) in [6.45, 7) is 1.79. The fraction of sp³-hybridized carbons (Fsp3) is 0.231. The SMILES string of the molecule is Cc1cnc(-c2cc(C(F)(F)F)cc(N)c2C=N)n1C. The number of hydrogen-bond acceptors (Lipinski definition) is 3. The van der Waals surface area contributed by atoms with E-state index in [1.807, 2.05) is 0 Å². The Kier molecular flexibility index (Phi) is 3.29. The Morgan fingerprint density at radius 3 is 2.45 bits per heavy atom. The average Bonchev–Trinajstić information content (AvgIpc) is 2.68. The van der Waals surface area contributed by atoms with Gasteiger partial charge in [0.1, 0.15) is 5.82 Å². The van der Waals surface area contributed by atoms with Crippen LogP contribution in [0.3, 0.4) is 0 Å². The van der Waals surface area contributed by atoms with Gasteiger partial charge < -0.3 is 15.7 Å². The summed E-state index contributed by atoms with van der Waals surface area (Å²) in [6.07, 6.45) is -2.00. The number of nitrogens with one attached hydrogen (secondary N) is 1. The van der Waals surface area contributed by atoms with Gasteiger partial charge in [-0.15, -0.1) is 0 Å². The lowest BCUT2D eigenvalue weighted by atomic mass is 10.0. The van der Waals surface area contributed by atoms with Crippen molar-refractivity contribution in [2.75, 3.05) is 5.73 Å². The van der Waals surface area contributed by atoms with Crippen LogP contribution in [-0.4, -0.2) is 15.8 Å². The summed E-state index contributed by atoms with van der Waals surface area (Å²) in [6, 6.07) is 1.80. The largest absolute Gasteiger partial charge is 0.416 e. The highest BCUT2D eigenvalue weighted by molar-refractivity contribution is 5.94. The lowest BCUT2D eigenvalue weighted by Crippen LogP contribution is -2.09. The monoisotopic (exact) mass is 282 g/mol. The van der Waals surface area contributed by atoms with Gasteiger partial charge in [0.05, 0.1) is 5.56 Å². The molecule has 2 aromatic rings. The molecule has 2 rings (SSSR count). The molecular weight excluding hydrogens is 269 g/mol. The Hall–Kier alpha value is -2.31. The van der Waals surface area contributed by atoms with Crippen molar-refractivity contribution in [2.45, 2.75) is 13.1 Å². The standard InChI is InChI=1S/C13H13F3N4/c1-7-6-19-12(20(7)2)9-3-8(13(14,15)16)4-11(18)10(9)5-17/h3-6,17H,18H2,1-2H3. The normalized spacial score (nSPS) is 11.7. The predicted octanol–water partition coefficient (Wildman–Crippen LogP) is 2.99. The van der Waals surface area contributed by atoms with Crippen molar-refractivity contribution >= 4 is 11.9 Å². The molecule has 0 saturated carbocycles. The highest BCUT2D eigenvalue weighted by atomic mass is 19.4. The number of nitrogen functional groups attached to an aromatic ring is 1. The predicted molar refractivity (Wildman–Crippen MR) is 70.7 cm³/mol. The first kappa shape index (κ1) is 14.1. The summed E-state index contributed by atoms with van der Waals surface area (Å²) in [5.41, 5.74) is 5.92. The van der Waals surface area contributed by atoms with Gasteiger partial charge in [-0.2, -0.15) is 13.2 Å². The third-order valence-corrected chi connectivity index (χ3v) is 3.15. The van der Waals surface area contributed by atoms with Crippen molar-refractivity contribution in [1.82, 2.24) is 9.55 Å². The fourth-order valence-corrected chi connectivity index (χ4v) is 1.93. The molecule has 7 heteroatoms. The number of nitrogens with zero attached hydrogens (tertiary/aromatic N) is 2. The lowest BCUT2D eigenvalue weighted by Gasteiger charge is -2.14. The van der Waals surface area contributed by atoms with E-state index in [1.165, 1.54) is 0 Å². The van der Waals surface area contributed by atoms with E-state index >= 15 is 0 Å². The van der Waals surface area contributed by atoms with Gasteiger partial charge in [-0.25, -0.2) is 4.98 Å². The molecule has 1 heterocycles. The average molecular weight is 282 g/mol. The van der Waals surface area contributed by atoms with Crippen LogP contribution < -0.4 is 5.73 Å². The van der Waals surface area contributed by atoms with Crippen molar-refractivity contribution in [3.8, 4) is 11.4 Å². The van der Waals surface area contributed by atoms with Crippen LogP contribution in [0, 0.1) is 12.3 Å². The van der Waals surface area contributed by atoms with Gasteiger partial charge >= 0.3 is 6.18 Å². The second-order valence-electron chi connectivity index (χ2n) is 4.45. The fourth-order valence-electron chi connectivity index (χ4n) is 1.93. The highest BCUT2D eigenvalue weighted by Gasteiger charge is 2.32. The molecule has 106 valence electrons. The first-order valence-corrected chi connectivity index (χ1v) is 5.75. The third-order valence-electron chi connectivity index (χ3n) is 3.15. The minimum Gasteiger partial charge on any atom is -0.398 e. The first-order valence-electron chi connectivity index (χ1n) is 5.75. The molecule has 3 N–H and O–H groups in total. The van der Waals surface area contributed by atoms with Gasteiger partial charge in [-0.05, 0) is 19.1 Å². The van der Waals surface area contributed by atoms with Crippen LogP contribution in [0.2, 0.25) is 0 Å². The second-order valence-corrected chi connectivity index (χ2v) is 4.45. The van der Waals surface area contributed by atoms with E-state index in [0.717, 1.165) is 24.0 Å². The van der Waals surface area contributed by atoms with Crippen molar-refractivity contribution in [1.29, 1.82) is 5.41 Å². The zero-order valence-corrected chi connectivity index (χ0v) is 10.9. The number of aryl methyl sites for hydroxylation is 1. The molecule has 4 nitrogen and oxygen atoms in total. The van der Waals surface area contributed by atoms with Gasteiger partial charge in [0.15, 0.2) is 0 Å². The molecule has 0 unspecified atom stereocenters. The molecule has 0 fully saturated rings. The Morgan fingerprint density at radius 1 is 1.35 bits per heavy atom. The molecule has 0 aliphatic rings. The summed E-state index contributed by atoms with van der Waals surface area (Å²) in [4.78, 5) is 4.10. The molecule has 0 aliphatic carbocycles. The first-order chi connectivity index (χ1) is 9.25. The molecule has 20 heavy (non-hydrogen) atoms. The van der Waals surface area contributed by atoms with Crippen molar-refractivity contribution in [3.05, 3.63) is 35.2 Å².